The minimum absolute atomic E-state index is 0.230. The third kappa shape index (κ3) is 6.30. The van der Waals surface area contributed by atoms with Crippen LogP contribution in [0.15, 0.2) is 48.5 Å². The molecule has 0 unspecified atom stereocenters. The summed E-state index contributed by atoms with van der Waals surface area (Å²) in [5.41, 5.74) is 1.42. The first-order valence-electron chi connectivity index (χ1n) is 7.70. The molecule has 2 aromatic carbocycles. The number of hydrogen-bond donors (Lipinski definition) is 0. The van der Waals surface area contributed by atoms with Gasteiger partial charge in [0.05, 0.1) is 0 Å². The molecule has 0 fully saturated rings. The standard InChI is InChI=1S/C18H18O4SeTe2/c1-3-21-17(19)13-9-5-7-11-15(13)24-23-25-16-12-8-6-10-14(16)18(20)22-4-2/h5-12H,3-4H2,1-2H3. The molecule has 0 bridgehead atoms. The summed E-state index contributed by atoms with van der Waals surface area (Å²) in [5.74, 6) is -0.460. The molecule has 0 aliphatic carbocycles. The molecule has 0 N–H and O–H groups in total. The number of hydrogen-bond acceptors (Lipinski definition) is 4. The van der Waals surface area contributed by atoms with Gasteiger partial charge in [0.15, 0.2) is 0 Å². The van der Waals surface area contributed by atoms with E-state index in [2.05, 4.69) is 0 Å². The van der Waals surface area contributed by atoms with Crippen molar-refractivity contribution in [2.24, 2.45) is 0 Å². The molecule has 4 nitrogen and oxygen atoms in total. The van der Waals surface area contributed by atoms with Crippen LogP contribution in [0.4, 0.5) is 0 Å². The number of ether oxygens (including phenoxy) is 2. The summed E-state index contributed by atoms with van der Waals surface area (Å²) < 4.78 is 12.6. The Morgan fingerprint density at radius 1 is 0.800 bits per heavy atom. The summed E-state index contributed by atoms with van der Waals surface area (Å²) in [7, 11) is 0.473. The van der Waals surface area contributed by atoms with Crippen molar-refractivity contribution in [2.75, 3.05) is 13.2 Å². The molecule has 0 aliphatic heterocycles. The Kier molecular flexibility index (Phi) is 9.35. The summed E-state index contributed by atoms with van der Waals surface area (Å²) in [6.45, 7) is 4.42. The molecule has 0 atom stereocenters. The Bertz CT molecular complexity index is 675. The number of rotatable bonds is 8. The number of carbonyl (C=O) groups excluding carboxylic acids is 2. The third-order valence-electron chi connectivity index (χ3n) is 3.01. The predicted molar refractivity (Wildman–Crippen MR) is 101 cm³/mol. The average molecular weight is 632 g/mol. The van der Waals surface area contributed by atoms with Gasteiger partial charge in [-0.1, -0.05) is 0 Å². The van der Waals surface area contributed by atoms with Gasteiger partial charge in [-0.15, -0.1) is 0 Å². The summed E-state index contributed by atoms with van der Waals surface area (Å²) in [5, 5.41) is 0. The van der Waals surface area contributed by atoms with E-state index in [0.29, 0.717) is 32.9 Å². The van der Waals surface area contributed by atoms with E-state index in [-0.39, 0.29) is 11.9 Å². The van der Waals surface area contributed by atoms with Crippen LogP contribution in [0.1, 0.15) is 34.6 Å². The first kappa shape index (κ1) is 20.8. The average Bonchev–Trinajstić information content (AvgIpc) is 2.63. The van der Waals surface area contributed by atoms with Crippen LogP contribution in [-0.2, 0) is 9.47 Å². The third-order valence-corrected chi connectivity index (χ3v) is 27.0. The van der Waals surface area contributed by atoms with Crippen LogP contribution in [0.3, 0.4) is 0 Å². The van der Waals surface area contributed by atoms with Crippen LogP contribution in [-0.4, -0.2) is 71.1 Å². The van der Waals surface area contributed by atoms with E-state index in [1.54, 1.807) is 0 Å². The maximum absolute atomic E-state index is 12.1. The van der Waals surface area contributed by atoms with Crippen LogP contribution < -0.4 is 7.22 Å². The van der Waals surface area contributed by atoms with Gasteiger partial charge in [0.1, 0.15) is 0 Å². The fraction of sp³-hybridized carbons (Fsp3) is 0.222. The molecule has 25 heavy (non-hydrogen) atoms. The van der Waals surface area contributed by atoms with Crippen molar-refractivity contribution in [1.82, 2.24) is 0 Å². The van der Waals surface area contributed by atoms with Crippen molar-refractivity contribution in [1.29, 1.82) is 0 Å². The van der Waals surface area contributed by atoms with Gasteiger partial charge in [0, 0.05) is 0 Å². The predicted octanol–water partition coefficient (Wildman–Crippen LogP) is 0.933. The van der Waals surface area contributed by atoms with E-state index in [1.807, 2.05) is 62.4 Å². The second-order valence-corrected chi connectivity index (χ2v) is 28.7. The van der Waals surface area contributed by atoms with E-state index >= 15 is 0 Å². The zero-order chi connectivity index (χ0) is 18.1. The summed E-state index contributed by atoms with van der Waals surface area (Å²) in [4.78, 5) is 24.1. The topological polar surface area (TPSA) is 52.6 Å². The van der Waals surface area contributed by atoms with Gasteiger partial charge in [-0.25, -0.2) is 0 Å². The normalized spacial score (nSPS) is 10.3. The Labute approximate surface area is 169 Å². The van der Waals surface area contributed by atoms with Gasteiger partial charge in [0.25, 0.3) is 0 Å². The SMILES string of the molecule is CCOC(=O)c1ccccc1[Te][Se][Te]c1ccccc1C(=O)OCC. The minimum atomic E-state index is -0.440. The summed E-state index contributed by atoms with van der Waals surface area (Å²) >= 11 is -0.879. The van der Waals surface area contributed by atoms with Crippen molar-refractivity contribution in [3.05, 3.63) is 59.7 Å². The Hall–Kier alpha value is -0.521. The maximum atomic E-state index is 12.1. The van der Waals surface area contributed by atoms with E-state index < -0.39 is 37.4 Å². The molecular weight excluding hydrogens is 614 g/mol. The van der Waals surface area contributed by atoms with Gasteiger partial charge < -0.3 is 0 Å². The molecule has 2 aromatic rings. The van der Waals surface area contributed by atoms with Crippen molar-refractivity contribution < 1.29 is 19.1 Å². The molecule has 0 aromatic heterocycles. The van der Waals surface area contributed by atoms with Gasteiger partial charge in [-0.05, 0) is 0 Å². The molecule has 2 rings (SSSR count). The molecule has 0 saturated heterocycles. The molecule has 132 valence electrons. The molecule has 0 heterocycles. The van der Waals surface area contributed by atoms with Crippen LogP contribution >= 0.6 is 0 Å². The van der Waals surface area contributed by atoms with Gasteiger partial charge >= 0.3 is 171 Å². The molecule has 0 aliphatic rings. The number of carbonyl (C=O) groups is 2. The fourth-order valence-electron chi connectivity index (χ4n) is 1.92. The first-order valence-corrected chi connectivity index (χ1v) is 21.3. The quantitative estimate of drug-likeness (QED) is 0.322. The van der Waals surface area contributed by atoms with Crippen molar-refractivity contribution in [3.63, 3.8) is 0 Å². The van der Waals surface area contributed by atoms with Gasteiger partial charge in [-0.2, -0.15) is 0 Å². The fourth-order valence-corrected chi connectivity index (χ4v) is 29.2. The Balaban J connectivity index is 2.05. The Morgan fingerprint density at radius 3 is 1.60 bits per heavy atom. The molecule has 0 radical (unpaired) electrons. The zero-order valence-electron chi connectivity index (χ0n) is 13.9. The van der Waals surface area contributed by atoms with Gasteiger partial charge in [0.2, 0.25) is 0 Å². The van der Waals surface area contributed by atoms with E-state index in [9.17, 15) is 9.59 Å². The van der Waals surface area contributed by atoms with Crippen molar-refractivity contribution >= 4 is 65.1 Å². The van der Waals surface area contributed by atoms with Crippen LogP contribution in [0, 0.1) is 0 Å². The second kappa shape index (κ2) is 11.2. The first-order chi connectivity index (χ1) is 12.2. The molecule has 0 amide bonds. The summed E-state index contributed by atoms with van der Waals surface area (Å²) in [6, 6.07) is 15.5. The van der Waals surface area contributed by atoms with Crippen molar-refractivity contribution in [2.45, 2.75) is 13.8 Å². The Morgan fingerprint density at radius 2 is 1.20 bits per heavy atom. The number of esters is 2. The zero-order valence-corrected chi connectivity index (χ0v) is 20.3. The molecular formula is C18H18O4SeTe2. The van der Waals surface area contributed by atoms with E-state index in [1.165, 1.54) is 0 Å². The summed E-state index contributed by atoms with van der Waals surface area (Å²) in [6.07, 6.45) is 0. The van der Waals surface area contributed by atoms with Crippen LogP contribution in [0.5, 0.6) is 0 Å². The molecule has 0 saturated carbocycles. The monoisotopic (exact) mass is 638 g/mol. The molecule has 0 spiro atoms. The van der Waals surface area contributed by atoms with Crippen molar-refractivity contribution in [3.8, 4) is 0 Å². The van der Waals surface area contributed by atoms with E-state index in [4.69, 9.17) is 9.47 Å². The number of benzene rings is 2. The van der Waals surface area contributed by atoms with Crippen LogP contribution in [0.25, 0.3) is 0 Å². The van der Waals surface area contributed by atoms with Crippen LogP contribution in [0.2, 0.25) is 0 Å². The van der Waals surface area contributed by atoms with E-state index in [0.717, 1.165) is 7.22 Å². The van der Waals surface area contributed by atoms with Gasteiger partial charge in [-0.3, -0.25) is 0 Å². The molecule has 7 heteroatoms. The second-order valence-electron chi connectivity index (χ2n) is 4.67.